The van der Waals surface area contributed by atoms with Crippen LogP contribution in [-0.2, 0) is 6.54 Å². The highest BCUT2D eigenvalue weighted by molar-refractivity contribution is 5.31. The molecule has 0 amide bonds. The Labute approximate surface area is 131 Å². The van der Waals surface area contributed by atoms with Crippen LogP contribution in [0.25, 0.3) is 0 Å². The van der Waals surface area contributed by atoms with Crippen molar-refractivity contribution in [1.82, 2.24) is 5.32 Å². The highest BCUT2D eigenvalue weighted by Crippen LogP contribution is 2.19. The van der Waals surface area contributed by atoms with Gasteiger partial charge in [0.25, 0.3) is 0 Å². The Morgan fingerprint density at radius 1 is 1.09 bits per heavy atom. The highest BCUT2D eigenvalue weighted by atomic mass is 16.5. The second-order valence-corrected chi connectivity index (χ2v) is 4.97. The summed E-state index contributed by atoms with van der Waals surface area (Å²) in [6, 6.07) is 15.6. The number of aliphatic hydroxyl groups excluding tert-OH is 1. The molecule has 2 rings (SSSR count). The van der Waals surface area contributed by atoms with E-state index in [0.717, 1.165) is 22.6 Å². The van der Waals surface area contributed by atoms with Gasteiger partial charge in [0.2, 0.25) is 0 Å². The van der Waals surface area contributed by atoms with E-state index in [9.17, 15) is 5.11 Å². The van der Waals surface area contributed by atoms with Crippen LogP contribution in [0.4, 0.5) is 0 Å². The minimum Gasteiger partial charge on any atom is -0.497 e. The largest absolute Gasteiger partial charge is 0.497 e. The first kappa shape index (κ1) is 16.3. The molecular weight excluding hydrogens is 278 g/mol. The second kappa shape index (κ2) is 8.41. The molecule has 2 aromatic carbocycles. The molecule has 0 radical (unpaired) electrons. The van der Waals surface area contributed by atoms with Crippen LogP contribution in [-0.4, -0.2) is 25.4 Å². The molecule has 2 aromatic rings. The Hall–Kier alpha value is -2.04. The monoisotopic (exact) mass is 301 g/mol. The molecule has 4 heteroatoms. The first-order valence-corrected chi connectivity index (χ1v) is 7.46. The van der Waals surface area contributed by atoms with Gasteiger partial charge in [0.05, 0.1) is 26.4 Å². The Bertz CT molecular complexity index is 569. The lowest BCUT2D eigenvalue weighted by atomic mass is 10.1. The number of hydrogen-bond donors (Lipinski definition) is 2. The minimum atomic E-state index is -0.123. The van der Waals surface area contributed by atoms with Gasteiger partial charge in [-0.15, -0.1) is 0 Å². The fraction of sp³-hybridized carbons (Fsp3) is 0.333. The van der Waals surface area contributed by atoms with Gasteiger partial charge in [-0.2, -0.15) is 0 Å². The van der Waals surface area contributed by atoms with E-state index in [0.29, 0.717) is 13.2 Å². The SMILES string of the molecule is CCOc1ccc(CNC(CO)c2cccc(OC)c2)cc1. The van der Waals surface area contributed by atoms with Crippen LogP contribution < -0.4 is 14.8 Å². The van der Waals surface area contributed by atoms with E-state index in [2.05, 4.69) is 5.32 Å². The summed E-state index contributed by atoms with van der Waals surface area (Å²) >= 11 is 0. The standard InChI is InChI=1S/C18H23NO3/c1-3-22-16-9-7-14(8-10-16)12-19-18(13-20)15-5-4-6-17(11-15)21-2/h4-11,18-20H,3,12-13H2,1-2H3. The number of rotatable bonds is 8. The number of methoxy groups -OCH3 is 1. The van der Waals surface area contributed by atoms with Gasteiger partial charge in [0.1, 0.15) is 11.5 Å². The number of aliphatic hydroxyl groups is 1. The van der Waals surface area contributed by atoms with E-state index in [-0.39, 0.29) is 12.6 Å². The number of nitrogens with one attached hydrogen (secondary N) is 1. The third-order valence-corrected chi connectivity index (χ3v) is 3.47. The molecule has 1 unspecified atom stereocenters. The Morgan fingerprint density at radius 3 is 2.50 bits per heavy atom. The van der Waals surface area contributed by atoms with Crippen molar-refractivity contribution in [3.05, 3.63) is 59.7 Å². The van der Waals surface area contributed by atoms with Crippen molar-refractivity contribution >= 4 is 0 Å². The first-order chi connectivity index (χ1) is 10.8. The average Bonchev–Trinajstić information content (AvgIpc) is 2.57. The molecule has 0 spiro atoms. The van der Waals surface area contributed by atoms with Crippen molar-refractivity contribution in [3.63, 3.8) is 0 Å². The first-order valence-electron chi connectivity index (χ1n) is 7.46. The summed E-state index contributed by atoms with van der Waals surface area (Å²) in [5.41, 5.74) is 2.15. The lowest BCUT2D eigenvalue weighted by Gasteiger charge is -2.17. The van der Waals surface area contributed by atoms with Crippen LogP contribution in [0.15, 0.2) is 48.5 Å². The van der Waals surface area contributed by atoms with Crippen LogP contribution in [0.1, 0.15) is 24.1 Å². The maximum absolute atomic E-state index is 9.61. The van der Waals surface area contributed by atoms with Gasteiger partial charge in [-0.05, 0) is 42.3 Å². The molecule has 4 nitrogen and oxygen atoms in total. The fourth-order valence-corrected chi connectivity index (χ4v) is 2.26. The van der Waals surface area contributed by atoms with Crippen LogP contribution >= 0.6 is 0 Å². The van der Waals surface area contributed by atoms with Gasteiger partial charge >= 0.3 is 0 Å². The lowest BCUT2D eigenvalue weighted by Crippen LogP contribution is -2.24. The number of hydrogen-bond acceptors (Lipinski definition) is 4. The Balaban J connectivity index is 1.98. The summed E-state index contributed by atoms with van der Waals surface area (Å²) in [5, 5.41) is 13.0. The zero-order chi connectivity index (χ0) is 15.8. The van der Waals surface area contributed by atoms with E-state index in [1.54, 1.807) is 7.11 Å². The summed E-state index contributed by atoms with van der Waals surface area (Å²) in [7, 11) is 1.64. The van der Waals surface area contributed by atoms with Gasteiger partial charge in [-0.25, -0.2) is 0 Å². The molecule has 0 aliphatic rings. The topological polar surface area (TPSA) is 50.7 Å². The van der Waals surface area contributed by atoms with E-state index >= 15 is 0 Å². The van der Waals surface area contributed by atoms with Crippen molar-refractivity contribution in [2.45, 2.75) is 19.5 Å². The van der Waals surface area contributed by atoms with Crippen molar-refractivity contribution in [2.24, 2.45) is 0 Å². The highest BCUT2D eigenvalue weighted by Gasteiger charge is 2.10. The molecule has 22 heavy (non-hydrogen) atoms. The van der Waals surface area contributed by atoms with Crippen molar-refractivity contribution in [1.29, 1.82) is 0 Å². The van der Waals surface area contributed by atoms with Gasteiger partial charge in [-0.1, -0.05) is 24.3 Å². The molecule has 0 aromatic heterocycles. The zero-order valence-electron chi connectivity index (χ0n) is 13.1. The van der Waals surface area contributed by atoms with Crippen LogP contribution in [0.5, 0.6) is 11.5 Å². The molecule has 0 heterocycles. The predicted molar refractivity (Wildman–Crippen MR) is 87.3 cm³/mol. The Kier molecular flexibility index (Phi) is 6.25. The molecule has 0 fully saturated rings. The van der Waals surface area contributed by atoms with Crippen molar-refractivity contribution in [2.75, 3.05) is 20.3 Å². The smallest absolute Gasteiger partial charge is 0.119 e. The summed E-state index contributed by atoms with van der Waals surface area (Å²) in [6.45, 7) is 3.34. The summed E-state index contributed by atoms with van der Waals surface area (Å²) < 4.78 is 10.7. The summed E-state index contributed by atoms with van der Waals surface area (Å²) in [5.74, 6) is 1.66. The Morgan fingerprint density at radius 2 is 1.86 bits per heavy atom. The van der Waals surface area contributed by atoms with Crippen LogP contribution in [0.2, 0.25) is 0 Å². The van der Waals surface area contributed by atoms with Crippen molar-refractivity contribution in [3.8, 4) is 11.5 Å². The zero-order valence-corrected chi connectivity index (χ0v) is 13.1. The van der Waals surface area contributed by atoms with E-state index in [1.165, 1.54) is 0 Å². The third kappa shape index (κ3) is 4.48. The van der Waals surface area contributed by atoms with Crippen LogP contribution in [0.3, 0.4) is 0 Å². The molecule has 0 saturated carbocycles. The van der Waals surface area contributed by atoms with Crippen LogP contribution in [0, 0.1) is 0 Å². The normalized spacial score (nSPS) is 12.0. The van der Waals surface area contributed by atoms with Gasteiger partial charge in [0.15, 0.2) is 0 Å². The maximum Gasteiger partial charge on any atom is 0.119 e. The minimum absolute atomic E-state index is 0.0319. The maximum atomic E-state index is 9.61. The lowest BCUT2D eigenvalue weighted by molar-refractivity contribution is 0.243. The second-order valence-electron chi connectivity index (χ2n) is 4.97. The molecule has 0 aliphatic carbocycles. The third-order valence-electron chi connectivity index (χ3n) is 3.47. The molecule has 1 atom stereocenters. The predicted octanol–water partition coefficient (Wildman–Crippen LogP) is 2.92. The number of ether oxygens (including phenoxy) is 2. The molecule has 2 N–H and O–H groups in total. The molecule has 0 saturated heterocycles. The molecule has 0 aliphatic heterocycles. The average molecular weight is 301 g/mol. The van der Waals surface area contributed by atoms with Gasteiger partial charge < -0.3 is 19.9 Å². The van der Waals surface area contributed by atoms with Crippen molar-refractivity contribution < 1.29 is 14.6 Å². The fourth-order valence-electron chi connectivity index (χ4n) is 2.26. The quantitative estimate of drug-likeness (QED) is 0.787. The molecule has 0 bridgehead atoms. The number of benzene rings is 2. The molecule has 118 valence electrons. The van der Waals surface area contributed by atoms with E-state index < -0.39 is 0 Å². The van der Waals surface area contributed by atoms with E-state index in [1.807, 2.05) is 55.5 Å². The molecular formula is C18H23NO3. The van der Waals surface area contributed by atoms with E-state index in [4.69, 9.17) is 9.47 Å². The summed E-state index contributed by atoms with van der Waals surface area (Å²) in [4.78, 5) is 0. The summed E-state index contributed by atoms with van der Waals surface area (Å²) in [6.07, 6.45) is 0. The van der Waals surface area contributed by atoms with Gasteiger partial charge in [-0.3, -0.25) is 0 Å². The van der Waals surface area contributed by atoms with Gasteiger partial charge in [0, 0.05) is 6.54 Å².